The van der Waals surface area contributed by atoms with E-state index >= 15 is 0 Å². The fraction of sp³-hybridized carbons (Fsp3) is 0.222. The Balaban J connectivity index is 3.32. The number of sulfonamides is 1. The second-order valence-corrected chi connectivity index (χ2v) is 5.99. The average Bonchev–Trinajstić information content (AvgIpc) is 2.26. The molecule has 1 rings (SSSR count). The summed E-state index contributed by atoms with van der Waals surface area (Å²) < 4.78 is 27.3. The molecule has 0 aliphatic carbocycles. The van der Waals surface area contributed by atoms with Crippen molar-refractivity contribution in [3.05, 3.63) is 32.8 Å². The van der Waals surface area contributed by atoms with E-state index in [1.807, 2.05) is 0 Å². The Morgan fingerprint density at radius 1 is 1.44 bits per heavy atom. The third-order valence-corrected chi connectivity index (χ3v) is 4.04. The van der Waals surface area contributed by atoms with E-state index in [4.69, 9.17) is 0 Å². The van der Waals surface area contributed by atoms with Gasteiger partial charge in [-0.15, -0.1) is 4.40 Å². The zero-order valence-electron chi connectivity index (χ0n) is 9.57. The van der Waals surface area contributed by atoms with Gasteiger partial charge < -0.3 is 4.90 Å². The van der Waals surface area contributed by atoms with Crippen LogP contribution in [-0.4, -0.2) is 38.7 Å². The van der Waals surface area contributed by atoms with E-state index in [0.717, 1.165) is 12.4 Å². The van der Waals surface area contributed by atoms with Gasteiger partial charge in [0.2, 0.25) is 0 Å². The Labute approximate surface area is 112 Å². The molecule has 9 heteroatoms. The van der Waals surface area contributed by atoms with Gasteiger partial charge in [0.15, 0.2) is 0 Å². The van der Waals surface area contributed by atoms with Crippen molar-refractivity contribution in [2.45, 2.75) is 4.90 Å². The topological polar surface area (TPSA) is 92.9 Å². The molecule has 0 heterocycles. The van der Waals surface area contributed by atoms with Crippen molar-refractivity contribution in [3.8, 4) is 0 Å². The number of nitro benzene ring substituents is 1. The second-order valence-electron chi connectivity index (χ2n) is 3.53. The molecule has 0 aliphatic heterocycles. The van der Waals surface area contributed by atoms with Crippen LogP contribution < -0.4 is 0 Å². The highest BCUT2D eigenvalue weighted by atomic mass is 79.9. The van der Waals surface area contributed by atoms with Crippen LogP contribution in [0, 0.1) is 10.1 Å². The highest BCUT2D eigenvalue weighted by Gasteiger charge is 2.20. The molecule has 0 saturated heterocycles. The van der Waals surface area contributed by atoms with Crippen LogP contribution in [0.15, 0.2) is 32.0 Å². The maximum atomic E-state index is 11.9. The SMILES string of the molecule is CN(C)C=NS(=O)(=O)c1cc([N+](=O)[O-])ccc1Br. The van der Waals surface area contributed by atoms with E-state index < -0.39 is 14.9 Å². The monoisotopic (exact) mass is 335 g/mol. The van der Waals surface area contributed by atoms with Crippen LogP contribution in [0.3, 0.4) is 0 Å². The normalized spacial score (nSPS) is 11.7. The number of halogens is 1. The summed E-state index contributed by atoms with van der Waals surface area (Å²) in [4.78, 5) is 11.1. The first kappa shape index (κ1) is 14.6. The molecule has 0 unspecified atom stereocenters. The number of nitrogens with zero attached hydrogens (tertiary/aromatic N) is 3. The van der Waals surface area contributed by atoms with Crippen molar-refractivity contribution in [1.82, 2.24) is 4.90 Å². The third-order valence-electron chi connectivity index (χ3n) is 1.82. The number of hydrogen-bond donors (Lipinski definition) is 0. The maximum Gasteiger partial charge on any atom is 0.285 e. The van der Waals surface area contributed by atoms with Crippen molar-refractivity contribution in [2.24, 2.45) is 4.40 Å². The lowest BCUT2D eigenvalue weighted by molar-refractivity contribution is -0.385. The molecule has 0 fully saturated rings. The summed E-state index contributed by atoms with van der Waals surface area (Å²) in [6, 6.07) is 3.47. The molecule has 7 nitrogen and oxygen atoms in total. The van der Waals surface area contributed by atoms with Crippen LogP contribution in [0.25, 0.3) is 0 Å². The molecule has 0 bridgehead atoms. The van der Waals surface area contributed by atoms with Crippen molar-refractivity contribution in [2.75, 3.05) is 14.1 Å². The van der Waals surface area contributed by atoms with Gasteiger partial charge in [-0.05, 0) is 22.0 Å². The summed E-state index contributed by atoms with van der Waals surface area (Å²) in [5.41, 5.74) is -0.308. The number of hydrogen-bond acceptors (Lipinski definition) is 4. The predicted molar refractivity (Wildman–Crippen MR) is 70.2 cm³/mol. The minimum absolute atomic E-state index is 0.226. The lowest BCUT2D eigenvalue weighted by Gasteiger charge is -2.04. The number of nitro groups is 1. The molecule has 0 N–H and O–H groups in total. The van der Waals surface area contributed by atoms with E-state index in [9.17, 15) is 18.5 Å². The molecule has 18 heavy (non-hydrogen) atoms. The maximum absolute atomic E-state index is 11.9. The number of benzene rings is 1. The van der Waals surface area contributed by atoms with Gasteiger partial charge in [0, 0.05) is 30.7 Å². The quantitative estimate of drug-likeness (QED) is 0.361. The van der Waals surface area contributed by atoms with Gasteiger partial charge in [0.05, 0.1) is 4.92 Å². The smallest absolute Gasteiger partial charge is 0.285 e. The minimum Gasteiger partial charge on any atom is -0.368 e. The fourth-order valence-corrected chi connectivity index (χ4v) is 2.89. The van der Waals surface area contributed by atoms with Crippen molar-refractivity contribution in [3.63, 3.8) is 0 Å². The molecule has 1 aromatic carbocycles. The minimum atomic E-state index is -3.97. The van der Waals surface area contributed by atoms with E-state index in [1.165, 1.54) is 17.0 Å². The Hall–Kier alpha value is -1.48. The summed E-state index contributed by atoms with van der Waals surface area (Å²) in [6.07, 6.45) is 1.11. The van der Waals surface area contributed by atoms with Crippen LogP contribution in [0.5, 0.6) is 0 Å². The Kier molecular flexibility index (Phi) is 4.41. The molecule has 0 aliphatic rings. The molecule has 0 radical (unpaired) electrons. The highest BCUT2D eigenvalue weighted by molar-refractivity contribution is 9.10. The summed E-state index contributed by atoms with van der Waals surface area (Å²) in [6.45, 7) is 0. The van der Waals surface area contributed by atoms with Crippen LogP contribution in [0.1, 0.15) is 0 Å². The summed E-state index contributed by atoms with van der Waals surface area (Å²) >= 11 is 3.03. The average molecular weight is 336 g/mol. The molecule has 0 spiro atoms. The van der Waals surface area contributed by atoms with Crippen molar-refractivity contribution in [1.29, 1.82) is 0 Å². The molecule has 0 saturated carbocycles. The number of rotatable bonds is 4. The molecule has 0 aromatic heterocycles. The predicted octanol–water partition coefficient (Wildman–Crippen LogP) is 1.64. The second kappa shape index (κ2) is 5.44. The number of non-ortho nitro benzene ring substituents is 1. The van der Waals surface area contributed by atoms with Gasteiger partial charge in [0.1, 0.15) is 11.2 Å². The molecule has 1 aromatic rings. The van der Waals surface area contributed by atoms with Crippen LogP contribution in [-0.2, 0) is 10.0 Å². The van der Waals surface area contributed by atoms with E-state index in [2.05, 4.69) is 20.3 Å². The summed E-state index contributed by atoms with van der Waals surface area (Å²) in [5, 5.41) is 10.6. The van der Waals surface area contributed by atoms with Gasteiger partial charge in [-0.2, -0.15) is 8.42 Å². The molecular formula is C9H10BrN3O4S. The molecule has 98 valence electrons. The molecule has 0 amide bonds. The largest absolute Gasteiger partial charge is 0.368 e. The zero-order chi connectivity index (χ0) is 13.9. The van der Waals surface area contributed by atoms with Crippen molar-refractivity contribution < 1.29 is 13.3 Å². The first-order valence-electron chi connectivity index (χ1n) is 4.65. The Morgan fingerprint density at radius 3 is 2.56 bits per heavy atom. The summed E-state index contributed by atoms with van der Waals surface area (Å²) in [5.74, 6) is 0. The standard InChI is InChI=1S/C9H10BrN3O4S/c1-12(2)6-11-18(16,17)9-5-7(13(14)15)3-4-8(9)10/h3-6H,1-2H3. The van der Waals surface area contributed by atoms with Crippen LogP contribution in [0.2, 0.25) is 0 Å². The van der Waals surface area contributed by atoms with Gasteiger partial charge in [0.25, 0.3) is 15.7 Å². The van der Waals surface area contributed by atoms with Gasteiger partial charge in [-0.3, -0.25) is 10.1 Å². The van der Waals surface area contributed by atoms with Crippen LogP contribution in [0.4, 0.5) is 5.69 Å². The van der Waals surface area contributed by atoms with E-state index in [-0.39, 0.29) is 15.1 Å². The van der Waals surface area contributed by atoms with Gasteiger partial charge in [-0.1, -0.05) is 0 Å². The van der Waals surface area contributed by atoms with Crippen LogP contribution >= 0.6 is 15.9 Å². The Morgan fingerprint density at radius 2 is 2.06 bits per heavy atom. The first-order valence-corrected chi connectivity index (χ1v) is 6.88. The molecule has 0 atom stereocenters. The zero-order valence-corrected chi connectivity index (χ0v) is 12.0. The highest BCUT2D eigenvalue weighted by Crippen LogP contribution is 2.27. The first-order chi connectivity index (χ1) is 8.24. The van der Waals surface area contributed by atoms with E-state index in [0.29, 0.717) is 0 Å². The summed E-state index contributed by atoms with van der Waals surface area (Å²) in [7, 11) is -0.740. The molecular weight excluding hydrogens is 326 g/mol. The van der Waals surface area contributed by atoms with Gasteiger partial charge in [-0.25, -0.2) is 0 Å². The third kappa shape index (κ3) is 3.50. The lowest BCUT2D eigenvalue weighted by atomic mass is 10.3. The Bertz CT molecular complexity index is 598. The van der Waals surface area contributed by atoms with E-state index in [1.54, 1.807) is 14.1 Å². The van der Waals surface area contributed by atoms with Gasteiger partial charge >= 0.3 is 0 Å². The fourth-order valence-electron chi connectivity index (χ4n) is 1.02. The van der Waals surface area contributed by atoms with Crippen molar-refractivity contribution >= 4 is 38.0 Å². The lowest BCUT2D eigenvalue weighted by Crippen LogP contribution is -2.10.